The van der Waals surface area contributed by atoms with E-state index in [0.717, 1.165) is 19.6 Å². The van der Waals surface area contributed by atoms with Gasteiger partial charge >= 0.3 is 0 Å². The summed E-state index contributed by atoms with van der Waals surface area (Å²) in [5, 5.41) is 1.35. The lowest BCUT2D eigenvalue weighted by molar-refractivity contribution is 0.178. The predicted octanol–water partition coefficient (Wildman–Crippen LogP) is 2.78. The molecule has 0 aliphatic carbocycles. The summed E-state index contributed by atoms with van der Waals surface area (Å²) in [6, 6.07) is 2.96. The number of hydrogen-bond donors (Lipinski definition) is 0. The molecule has 0 N–H and O–H groups in total. The molecule has 0 unspecified atom stereocenters. The van der Waals surface area contributed by atoms with E-state index in [0.29, 0.717) is 6.04 Å². The fourth-order valence-corrected chi connectivity index (χ4v) is 3.56. The first kappa shape index (κ1) is 13.1. The highest BCUT2D eigenvalue weighted by molar-refractivity contribution is 5.85. The van der Waals surface area contributed by atoms with E-state index < -0.39 is 0 Å². The van der Waals surface area contributed by atoms with Crippen LogP contribution >= 0.6 is 0 Å². The SMILES string of the molecule is Cc1c2n(c3ncc(N4CCC4)cc13)CCN(C(C)C)C2. The van der Waals surface area contributed by atoms with Gasteiger partial charge in [0.2, 0.25) is 0 Å². The Morgan fingerprint density at radius 2 is 1.95 bits per heavy atom. The monoisotopic (exact) mass is 284 g/mol. The van der Waals surface area contributed by atoms with E-state index in [4.69, 9.17) is 4.98 Å². The van der Waals surface area contributed by atoms with E-state index in [1.54, 1.807) is 0 Å². The van der Waals surface area contributed by atoms with Gasteiger partial charge < -0.3 is 9.47 Å². The highest BCUT2D eigenvalue weighted by Gasteiger charge is 2.24. The second-order valence-corrected chi connectivity index (χ2v) is 6.69. The third-order valence-electron chi connectivity index (χ3n) is 5.19. The summed E-state index contributed by atoms with van der Waals surface area (Å²) in [5.41, 5.74) is 5.35. The lowest BCUT2D eigenvalue weighted by Crippen LogP contribution is -2.38. The molecule has 4 rings (SSSR count). The van der Waals surface area contributed by atoms with Gasteiger partial charge in [-0.25, -0.2) is 4.98 Å². The van der Waals surface area contributed by atoms with Gasteiger partial charge in [0, 0.05) is 49.8 Å². The fourth-order valence-electron chi connectivity index (χ4n) is 3.56. The molecular formula is C17H24N4. The molecule has 0 radical (unpaired) electrons. The third-order valence-corrected chi connectivity index (χ3v) is 5.19. The number of rotatable bonds is 2. The number of pyridine rings is 1. The largest absolute Gasteiger partial charge is 0.370 e. The van der Waals surface area contributed by atoms with Crippen molar-refractivity contribution in [1.29, 1.82) is 0 Å². The molecule has 2 aliphatic rings. The number of nitrogens with zero attached hydrogens (tertiary/aromatic N) is 4. The minimum Gasteiger partial charge on any atom is -0.370 e. The fraction of sp³-hybridized carbons (Fsp3) is 0.588. The third kappa shape index (κ3) is 1.96. The molecule has 2 aliphatic heterocycles. The van der Waals surface area contributed by atoms with Crippen LogP contribution in [0.2, 0.25) is 0 Å². The molecule has 0 bridgehead atoms. The summed E-state index contributed by atoms with van der Waals surface area (Å²) in [5.74, 6) is 0. The van der Waals surface area contributed by atoms with Gasteiger partial charge in [-0.15, -0.1) is 0 Å². The van der Waals surface area contributed by atoms with Crippen LogP contribution < -0.4 is 4.90 Å². The van der Waals surface area contributed by atoms with Crippen molar-refractivity contribution in [3.05, 3.63) is 23.5 Å². The number of hydrogen-bond acceptors (Lipinski definition) is 3. The Morgan fingerprint density at radius 3 is 2.62 bits per heavy atom. The maximum absolute atomic E-state index is 4.79. The average Bonchev–Trinajstić information content (AvgIpc) is 2.70. The minimum atomic E-state index is 0.612. The number of fused-ring (bicyclic) bond motifs is 3. The van der Waals surface area contributed by atoms with Gasteiger partial charge in [-0.2, -0.15) is 0 Å². The molecule has 4 heterocycles. The second kappa shape index (κ2) is 4.73. The van der Waals surface area contributed by atoms with Crippen molar-refractivity contribution in [2.45, 2.75) is 46.3 Å². The first-order chi connectivity index (χ1) is 10.1. The van der Waals surface area contributed by atoms with E-state index in [1.165, 1.54) is 47.5 Å². The summed E-state index contributed by atoms with van der Waals surface area (Å²) < 4.78 is 2.43. The van der Waals surface area contributed by atoms with Gasteiger partial charge in [0.1, 0.15) is 5.65 Å². The van der Waals surface area contributed by atoms with Crippen molar-refractivity contribution >= 4 is 16.7 Å². The Bertz CT molecular complexity index is 682. The lowest BCUT2D eigenvalue weighted by atomic mass is 10.1. The molecule has 21 heavy (non-hydrogen) atoms. The first-order valence-corrected chi connectivity index (χ1v) is 8.12. The Morgan fingerprint density at radius 1 is 1.14 bits per heavy atom. The minimum absolute atomic E-state index is 0.612. The van der Waals surface area contributed by atoms with Crippen molar-refractivity contribution < 1.29 is 0 Å². The van der Waals surface area contributed by atoms with Crippen LogP contribution in [-0.4, -0.2) is 40.1 Å². The molecular weight excluding hydrogens is 260 g/mol. The van der Waals surface area contributed by atoms with Crippen molar-refractivity contribution in [3.8, 4) is 0 Å². The van der Waals surface area contributed by atoms with Crippen LogP contribution in [-0.2, 0) is 13.1 Å². The number of anilines is 1. The number of aryl methyl sites for hydroxylation is 1. The Balaban J connectivity index is 1.79. The van der Waals surface area contributed by atoms with E-state index in [-0.39, 0.29) is 0 Å². The molecule has 0 spiro atoms. The Kier molecular flexibility index (Phi) is 2.96. The summed E-state index contributed by atoms with van der Waals surface area (Å²) in [6.45, 7) is 12.4. The van der Waals surface area contributed by atoms with Crippen LogP contribution in [0.4, 0.5) is 5.69 Å². The van der Waals surface area contributed by atoms with Crippen molar-refractivity contribution in [3.63, 3.8) is 0 Å². The van der Waals surface area contributed by atoms with Crippen LogP contribution in [0.5, 0.6) is 0 Å². The van der Waals surface area contributed by atoms with E-state index in [2.05, 4.69) is 47.4 Å². The van der Waals surface area contributed by atoms with Crippen molar-refractivity contribution in [2.75, 3.05) is 24.5 Å². The summed E-state index contributed by atoms with van der Waals surface area (Å²) in [6.07, 6.45) is 3.37. The molecule has 4 heteroatoms. The molecule has 2 aromatic heterocycles. The highest BCUT2D eigenvalue weighted by atomic mass is 15.2. The standard InChI is InChI=1S/C17H24N4/c1-12(2)20-7-8-21-16(11-20)13(3)15-9-14(10-18-17(15)21)19-5-4-6-19/h9-10,12H,4-8,11H2,1-3H3. The molecule has 0 aromatic carbocycles. The van der Waals surface area contributed by atoms with Gasteiger partial charge in [-0.1, -0.05) is 0 Å². The topological polar surface area (TPSA) is 24.3 Å². The maximum atomic E-state index is 4.79. The predicted molar refractivity (Wildman–Crippen MR) is 86.8 cm³/mol. The Labute approximate surface area is 126 Å². The molecule has 2 aromatic rings. The number of aromatic nitrogens is 2. The van der Waals surface area contributed by atoms with Gasteiger partial charge in [0.25, 0.3) is 0 Å². The zero-order valence-corrected chi connectivity index (χ0v) is 13.3. The molecule has 4 nitrogen and oxygen atoms in total. The van der Waals surface area contributed by atoms with E-state index >= 15 is 0 Å². The van der Waals surface area contributed by atoms with Gasteiger partial charge in [0.05, 0.1) is 11.9 Å². The second-order valence-electron chi connectivity index (χ2n) is 6.69. The van der Waals surface area contributed by atoms with Crippen molar-refractivity contribution in [2.24, 2.45) is 0 Å². The van der Waals surface area contributed by atoms with E-state index in [9.17, 15) is 0 Å². The quantitative estimate of drug-likeness (QED) is 0.847. The molecule has 1 saturated heterocycles. The normalized spacial score (nSPS) is 19.1. The highest BCUT2D eigenvalue weighted by Crippen LogP contribution is 2.31. The average molecular weight is 284 g/mol. The molecule has 0 saturated carbocycles. The summed E-state index contributed by atoms with van der Waals surface area (Å²) in [4.78, 5) is 9.76. The van der Waals surface area contributed by atoms with Gasteiger partial charge in [-0.3, -0.25) is 4.90 Å². The first-order valence-electron chi connectivity index (χ1n) is 8.12. The van der Waals surface area contributed by atoms with Crippen LogP contribution in [0.25, 0.3) is 11.0 Å². The lowest BCUT2D eigenvalue weighted by Gasteiger charge is -2.33. The zero-order chi connectivity index (χ0) is 14.6. The van der Waals surface area contributed by atoms with Crippen LogP contribution in [0.1, 0.15) is 31.5 Å². The van der Waals surface area contributed by atoms with Crippen molar-refractivity contribution in [1.82, 2.24) is 14.5 Å². The van der Waals surface area contributed by atoms with Crippen LogP contribution in [0, 0.1) is 6.92 Å². The summed E-state index contributed by atoms with van der Waals surface area (Å²) >= 11 is 0. The van der Waals surface area contributed by atoms with Gasteiger partial charge in [-0.05, 0) is 38.8 Å². The molecule has 0 atom stereocenters. The smallest absolute Gasteiger partial charge is 0.140 e. The van der Waals surface area contributed by atoms with E-state index in [1.807, 2.05) is 0 Å². The molecule has 0 amide bonds. The Hall–Kier alpha value is -1.55. The molecule has 112 valence electrons. The maximum Gasteiger partial charge on any atom is 0.140 e. The summed E-state index contributed by atoms with van der Waals surface area (Å²) in [7, 11) is 0. The van der Waals surface area contributed by atoms with Crippen LogP contribution in [0.3, 0.4) is 0 Å². The molecule has 1 fully saturated rings. The zero-order valence-electron chi connectivity index (χ0n) is 13.3. The van der Waals surface area contributed by atoms with Crippen LogP contribution in [0.15, 0.2) is 12.3 Å². The van der Waals surface area contributed by atoms with Gasteiger partial charge in [0.15, 0.2) is 0 Å².